The molecule has 1 aliphatic heterocycles. The van der Waals surface area contributed by atoms with Crippen LogP contribution in [0.5, 0.6) is 5.75 Å². The quantitative estimate of drug-likeness (QED) is 0.279. The van der Waals surface area contributed by atoms with Crippen molar-refractivity contribution in [3.63, 3.8) is 0 Å². The van der Waals surface area contributed by atoms with Crippen LogP contribution in [0.15, 0.2) is 54.0 Å². The number of likely N-dealkylation sites (N-methyl/N-ethyl adjacent to an activating group) is 2. The van der Waals surface area contributed by atoms with Crippen LogP contribution in [0.25, 0.3) is 16.9 Å². The van der Waals surface area contributed by atoms with Gasteiger partial charge in [-0.3, -0.25) is 9.36 Å². The van der Waals surface area contributed by atoms with Crippen molar-refractivity contribution in [1.82, 2.24) is 24.0 Å². The summed E-state index contributed by atoms with van der Waals surface area (Å²) < 4.78 is 91.9. The minimum Gasteiger partial charge on any atom is -0.494 e. The number of nitrogens with one attached hydrogen (secondary N) is 2. The Hall–Kier alpha value is -4.71. The van der Waals surface area contributed by atoms with Crippen LogP contribution in [-0.2, 0) is 17.8 Å². The highest BCUT2D eigenvalue weighted by molar-refractivity contribution is 6.02. The molecule has 2 aromatic carbocycles. The number of imidazole rings is 1. The first-order chi connectivity index (χ1) is 23.3. The zero-order valence-corrected chi connectivity index (χ0v) is 22.1. The van der Waals surface area contributed by atoms with Gasteiger partial charge in [-0.05, 0) is 50.6 Å². The molecular weight excluding hydrogens is 527 g/mol. The summed E-state index contributed by atoms with van der Waals surface area (Å²) in [4.78, 5) is 36.4. The van der Waals surface area contributed by atoms with Gasteiger partial charge >= 0.3 is 5.69 Å². The van der Waals surface area contributed by atoms with Gasteiger partial charge in [-0.15, -0.1) is 0 Å². The summed E-state index contributed by atoms with van der Waals surface area (Å²) in [5, 5.41) is 5.47. The van der Waals surface area contributed by atoms with Crippen LogP contribution in [0.4, 0.5) is 27.4 Å². The number of nitrogens with zero attached hydrogens (tertiary/aromatic N) is 6. The molecule has 1 aliphatic rings. The molecule has 0 unspecified atom stereocenters. The van der Waals surface area contributed by atoms with E-state index in [-0.39, 0.29) is 41.1 Å². The molecule has 0 atom stereocenters. The highest BCUT2D eigenvalue weighted by Crippen LogP contribution is 2.38. The molecule has 214 valence electrons. The van der Waals surface area contributed by atoms with Gasteiger partial charge in [0.2, 0.25) is 11.9 Å². The predicted octanol–water partition coefficient (Wildman–Crippen LogP) is 3.54. The fourth-order valence-electron chi connectivity index (χ4n) is 4.86. The van der Waals surface area contributed by atoms with E-state index in [0.717, 1.165) is 6.08 Å². The van der Waals surface area contributed by atoms with Crippen LogP contribution < -0.4 is 26.0 Å². The Morgan fingerprint density at radius 2 is 2.12 bits per heavy atom. The molecule has 1 amide bonds. The minimum absolute atomic E-state index is 0.0394. The van der Waals surface area contributed by atoms with Gasteiger partial charge in [0.05, 0.1) is 39.2 Å². The monoisotopic (exact) mass is 569 g/mol. The van der Waals surface area contributed by atoms with Crippen molar-refractivity contribution in [1.29, 1.82) is 0 Å². The van der Waals surface area contributed by atoms with Crippen molar-refractivity contribution < 1.29 is 26.3 Å². The van der Waals surface area contributed by atoms with Crippen molar-refractivity contribution in [2.45, 2.75) is 19.4 Å². The normalized spacial score (nSPS) is 16.6. The number of methoxy groups -OCH3 is 1. The number of halogens is 1. The number of ether oxygens (including phenoxy) is 1. The lowest BCUT2D eigenvalue weighted by Gasteiger charge is -2.26. The highest BCUT2D eigenvalue weighted by atomic mass is 19.1. The van der Waals surface area contributed by atoms with Crippen LogP contribution in [0, 0.1) is 5.82 Å². The van der Waals surface area contributed by atoms with Crippen molar-refractivity contribution in [3.05, 3.63) is 71.0 Å². The molecule has 0 fully saturated rings. The van der Waals surface area contributed by atoms with E-state index in [0.29, 0.717) is 40.9 Å². The van der Waals surface area contributed by atoms with E-state index in [4.69, 9.17) is 17.1 Å². The van der Waals surface area contributed by atoms with E-state index in [1.54, 1.807) is 4.57 Å². The number of hydrogen-bond donors (Lipinski definition) is 2. The third kappa shape index (κ3) is 5.50. The lowest BCUT2D eigenvalue weighted by atomic mass is 10.0. The van der Waals surface area contributed by atoms with E-state index in [2.05, 4.69) is 27.2 Å². The number of carbonyl (C=O) groups excluding carboxylic acids is 1. The summed E-state index contributed by atoms with van der Waals surface area (Å²) in [6.07, 6.45) is 3.59. The third-order valence-corrected chi connectivity index (χ3v) is 6.73. The zero-order valence-electron chi connectivity index (χ0n) is 31.1. The summed E-state index contributed by atoms with van der Waals surface area (Å²) in [6, 6.07) is 6.68. The van der Waals surface area contributed by atoms with Crippen molar-refractivity contribution in [2.75, 3.05) is 56.7 Å². The van der Waals surface area contributed by atoms with E-state index in [9.17, 15) is 14.0 Å². The molecule has 3 heterocycles. The standard InChI is InChI=1S/C29H33FN8O3/c1-6-26(39)32-20-16-21(24(41-5)17-22(20)36(4)13-12-35(2)3)33-28-31-10-9-25(34-28)38-23-15-19(30)14-18-8-7-11-37(27(18)23)29(38)40/h6,9-10,14-17H,1,7-8,11-13H2,2-5H3,(H,32,39)(H,31,33,34)/i2D3,3D3,5D3. The largest absolute Gasteiger partial charge is 0.494 e. The molecule has 41 heavy (non-hydrogen) atoms. The van der Waals surface area contributed by atoms with E-state index >= 15 is 0 Å². The maximum absolute atomic E-state index is 14.6. The SMILES string of the molecule is [2H]C([2H])([2H])Oc1cc(N(C)CCN(C([2H])([2H])[2H])C([2H])([2H])[2H])c(NC(=O)C=C)cc1Nc1nccc(-n2c(=O)n3c4c(cc(F)cc42)CCC3)n1. The maximum atomic E-state index is 14.6. The van der Waals surface area contributed by atoms with E-state index in [1.807, 2.05) is 0 Å². The van der Waals surface area contributed by atoms with Gasteiger partial charge in [-0.1, -0.05) is 6.58 Å². The summed E-state index contributed by atoms with van der Waals surface area (Å²) >= 11 is 0. The Balaban J connectivity index is 1.57. The Morgan fingerprint density at radius 3 is 2.90 bits per heavy atom. The average molecular weight is 570 g/mol. The molecule has 5 rings (SSSR count). The first-order valence-electron chi connectivity index (χ1n) is 17.1. The van der Waals surface area contributed by atoms with Crippen molar-refractivity contribution >= 4 is 40.0 Å². The smallest absolute Gasteiger partial charge is 0.334 e. The Bertz CT molecular complexity index is 1990. The molecule has 0 aliphatic carbocycles. The molecule has 0 bridgehead atoms. The number of aryl methyl sites for hydroxylation is 2. The number of anilines is 4. The number of benzene rings is 2. The molecule has 2 aromatic heterocycles. The Kier molecular flexibility index (Phi) is 5.18. The maximum Gasteiger partial charge on any atom is 0.334 e. The molecule has 0 radical (unpaired) electrons. The summed E-state index contributed by atoms with van der Waals surface area (Å²) in [5.41, 5.74) is 1.36. The van der Waals surface area contributed by atoms with Gasteiger partial charge in [0, 0.05) is 59.3 Å². The molecule has 12 heteroatoms. The topological polar surface area (TPSA) is 110 Å². The van der Waals surface area contributed by atoms with E-state index < -0.39 is 44.9 Å². The lowest BCUT2D eigenvalue weighted by Crippen LogP contribution is -2.29. The van der Waals surface area contributed by atoms with Gasteiger partial charge in [0.1, 0.15) is 17.4 Å². The van der Waals surface area contributed by atoms with Crippen LogP contribution in [0.3, 0.4) is 0 Å². The lowest BCUT2D eigenvalue weighted by molar-refractivity contribution is -0.111. The van der Waals surface area contributed by atoms with Gasteiger partial charge < -0.3 is 25.2 Å². The second kappa shape index (κ2) is 11.4. The van der Waals surface area contributed by atoms with Gasteiger partial charge in [0.15, 0.2) is 0 Å². The van der Waals surface area contributed by atoms with Gasteiger partial charge in [-0.2, -0.15) is 4.98 Å². The van der Waals surface area contributed by atoms with E-state index in [1.165, 1.54) is 53.0 Å². The van der Waals surface area contributed by atoms with Crippen molar-refractivity contribution in [3.8, 4) is 11.6 Å². The molecule has 0 spiro atoms. The second-order valence-electron chi connectivity index (χ2n) is 9.40. The number of aromatic nitrogens is 4. The van der Waals surface area contributed by atoms with Crippen LogP contribution in [0.1, 0.15) is 24.3 Å². The molecular formula is C29H33FN8O3. The number of rotatable bonds is 10. The molecule has 11 nitrogen and oxygen atoms in total. The fraction of sp³-hybridized carbons (Fsp3) is 0.310. The number of amides is 1. The fourth-order valence-corrected chi connectivity index (χ4v) is 4.86. The minimum atomic E-state index is -2.97. The molecule has 2 N–H and O–H groups in total. The van der Waals surface area contributed by atoms with Crippen LogP contribution in [0.2, 0.25) is 0 Å². The second-order valence-corrected chi connectivity index (χ2v) is 9.40. The highest BCUT2D eigenvalue weighted by Gasteiger charge is 2.23. The summed E-state index contributed by atoms with van der Waals surface area (Å²) in [6.45, 7) is -2.66. The van der Waals surface area contributed by atoms with Gasteiger partial charge in [0.25, 0.3) is 0 Å². The molecule has 0 saturated heterocycles. The summed E-state index contributed by atoms with van der Waals surface area (Å²) in [5.74, 6) is -1.46. The van der Waals surface area contributed by atoms with Crippen LogP contribution >= 0.6 is 0 Å². The Labute approximate surface area is 249 Å². The molecule has 0 saturated carbocycles. The zero-order chi connectivity index (χ0) is 36.8. The van der Waals surface area contributed by atoms with Crippen molar-refractivity contribution in [2.24, 2.45) is 0 Å². The third-order valence-electron chi connectivity index (χ3n) is 6.73. The van der Waals surface area contributed by atoms with Crippen LogP contribution in [-0.4, -0.2) is 71.0 Å². The summed E-state index contributed by atoms with van der Waals surface area (Å²) in [7, 11) is -1.49. The first kappa shape index (κ1) is 18.6. The number of carbonyl (C=O) groups is 1. The average Bonchev–Trinajstić information content (AvgIpc) is 3.28. The Morgan fingerprint density at radius 1 is 1.27 bits per heavy atom. The number of hydrogen-bond acceptors (Lipinski definition) is 8. The predicted molar refractivity (Wildman–Crippen MR) is 158 cm³/mol. The van der Waals surface area contributed by atoms with Gasteiger partial charge in [-0.25, -0.2) is 18.7 Å². The first-order valence-corrected chi connectivity index (χ1v) is 12.6. The molecule has 4 aromatic rings.